The van der Waals surface area contributed by atoms with Crippen LogP contribution in [-0.4, -0.2) is 59.1 Å². The first-order valence-electron chi connectivity index (χ1n) is 9.49. The van der Waals surface area contributed by atoms with Crippen molar-refractivity contribution in [3.63, 3.8) is 0 Å². The monoisotopic (exact) mass is 417 g/mol. The van der Waals surface area contributed by atoms with E-state index in [0.717, 1.165) is 10.1 Å². The van der Waals surface area contributed by atoms with E-state index in [9.17, 15) is 19.2 Å². The zero-order valence-corrected chi connectivity index (χ0v) is 17.2. The van der Waals surface area contributed by atoms with Crippen molar-refractivity contribution in [3.8, 4) is 0 Å². The van der Waals surface area contributed by atoms with Gasteiger partial charge in [-0.3, -0.25) is 28.4 Å². The first kappa shape index (κ1) is 23.0. The van der Waals surface area contributed by atoms with Gasteiger partial charge >= 0.3 is 5.69 Å². The van der Waals surface area contributed by atoms with Crippen LogP contribution in [0.5, 0.6) is 0 Å². The van der Waals surface area contributed by atoms with E-state index >= 15 is 0 Å². The smallest absolute Gasteiger partial charge is 0.332 e. The summed E-state index contributed by atoms with van der Waals surface area (Å²) < 4.78 is 7.17. The topological polar surface area (TPSA) is 143 Å². The summed E-state index contributed by atoms with van der Waals surface area (Å²) in [4.78, 5) is 51.4. The molecule has 10 heteroatoms. The highest BCUT2D eigenvalue weighted by molar-refractivity contribution is 6.01. The number of nitrogens with zero attached hydrogens (tertiary/aromatic N) is 3. The van der Waals surface area contributed by atoms with Crippen molar-refractivity contribution in [1.82, 2.24) is 14.0 Å². The van der Waals surface area contributed by atoms with E-state index < -0.39 is 22.9 Å². The van der Waals surface area contributed by atoms with Crippen LogP contribution >= 0.6 is 0 Å². The zero-order valence-electron chi connectivity index (χ0n) is 17.2. The minimum absolute atomic E-state index is 0.0850. The molecule has 0 saturated carbocycles. The summed E-state index contributed by atoms with van der Waals surface area (Å²) in [6.07, 6.45) is 0. The highest BCUT2D eigenvalue weighted by atomic mass is 16.5. The Kier molecular flexibility index (Phi) is 8.07. The summed E-state index contributed by atoms with van der Waals surface area (Å²) in [5, 5.41) is 0. The second-order valence-electron chi connectivity index (χ2n) is 6.76. The van der Waals surface area contributed by atoms with E-state index in [2.05, 4.69) is 0 Å². The molecule has 2 aromatic rings. The average Bonchev–Trinajstić information content (AvgIpc) is 2.70. The van der Waals surface area contributed by atoms with Crippen LogP contribution in [0, 0.1) is 0 Å². The third kappa shape index (κ3) is 5.43. The third-order valence-electron chi connectivity index (χ3n) is 4.60. The molecule has 0 radical (unpaired) electrons. The number of primary amides is 1. The molecular formula is C20H27N5O5. The quantitative estimate of drug-likeness (QED) is 0.459. The number of methoxy groups -OCH3 is 1. The molecule has 1 aromatic heterocycles. The van der Waals surface area contributed by atoms with Gasteiger partial charge in [0.1, 0.15) is 11.4 Å². The van der Waals surface area contributed by atoms with Crippen LogP contribution in [-0.2, 0) is 22.6 Å². The number of hydrogen-bond acceptors (Lipinski definition) is 7. The summed E-state index contributed by atoms with van der Waals surface area (Å²) in [7, 11) is 1.49. The van der Waals surface area contributed by atoms with Crippen molar-refractivity contribution in [1.29, 1.82) is 0 Å². The number of carbonyl (C=O) groups is 2. The van der Waals surface area contributed by atoms with Gasteiger partial charge in [-0.2, -0.15) is 0 Å². The molecule has 4 N–H and O–H groups in total. The van der Waals surface area contributed by atoms with Gasteiger partial charge in [0.2, 0.25) is 5.91 Å². The van der Waals surface area contributed by atoms with Crippen LogP contribution in [0.25, 0.3) is 0 Å². The van der Waals surface area contributed by atoms with Crippen molar-refractivity contribution in [2.24, 2.45) is 5.73 Å². The van der Waals surface area contributed by atoms with Gasteiger partial charge in [-0.25, -0.2) is 4.79 Å². The van der Waals surface area contributed by atoms with Gasteiger partial charge in [0.15, 0.2) is 5.78 Å². The Morgan fingerprint density at radius 3 is 2.33 bits per heavy atom. The Balaban J connectivity index is 2.48. The molecule has 0 aliphatic heterocycles. The summed E-state index contributed by atoms with van der Waals surface area (Å²) in [5.74, 6) is -1.42. The van der Waals surface area contributed by atoms with Gasteiger partial charge in [0, 0.05) is 20.2 Å². The van der Waals surface area contributed by atoms with Gasteiger partial charge < -0.3 is 16.2 Å². The standard InChI is InChI=1S/C20H27N5O5/c1-3-24-19(28)17(15(26)12-23(9-10-30-2)13-16(21)27)18(22)25(20(24)29)11-14-7-5-4-6-8-14/h4-8H,3,9-13,22H2,1-2H3,(H2,21,27). The number of aromatic nitrogens is 2. The van der Waals surface area contributed by atoms with Crippen molar-refractivity contribution < 1.29 is 14.3 Å². The van der Waals surface area contributed by atoms with Gasteiger partial charge in [0.05, 0.1) is 26.2 Å². The Morgan fingerprint density at radius 1 is 1.10 bits per heavy atom. The van der Waals surface area contributed by atoms with Crippen LogP contribution in [0.2, 0.25) is 0 Å². The maximum atomic E-state index is 13.0. The minimum atomic E-state index is -0.750. The Hall–Kier alpha value is -3.24. The maximum absolute atomic E-state index is 13.0. The number of nitrogen functional groups attached to an aromatic ring is 1. The number of hydrogen-bond donors (Lipinski definition) is 2. The highest BCUT2D eigenvalue weighted by Crippen LogP contribution is 2.10. The first-order valence-corrected chi connectivity index (χ1v) is 9.49. The summed E-state index contributed by atoms with van der Waals surface area (Å²) in [6, 6.07) is 9.10. The van der Waals surface area contributed by atoms with Crippen molar-refractivity contribution >= 4 is 17.5 Å². The minimum Gasteiger partial charge on any atom is -0.384 e. The van der Waals surface area contributed by atoms with E-state index in [1.165, 1.54) is 16.6 Å². The number of Topliss-reactive ketones (excluding diaryl/α,β-unsaturated/α-hetero) is 1. The molecule has 0 bridgehead atoms. The van der Waals surface area contributed by atoms with E-state index in [1.807, 2.05) is 30.3 Å². The fraction of sp³-hybridized carbons (Fsp3) is 0.400. The van der Waals surface area contributed by atoms with E-state index in [-0.39, 0.29) is 50.7 Å². The van der Waals surface area contributed by atoms with Gasteiger partial charge in [-0.05, 0) is 12.5 Å². The summed E-state index contributed by atoms with van der Waals surface area (Å²) in [6.45, 7) is 1.92. The predicted molar refractivity (Wildman–Crippen MR) is 112 cm³/mol. The number of anilines is 1. The fourth-order valence-electron chi connectivity index (χ4n) is 3.11. The van der Waals surface area contributed by atoms with E-state index in [0.29, 0.717) is 0 Å². The van der Waals surface area contributed by atoms with Crippen molar-refractivity contribution in [2.75, 3.05) is 39.1 Å². The molecular weight excluding hydrogens is 390 g/mol. The lowest BCUT2D eigenvalue weighted by Crippen LogP contribution is -2.46. The van der Waals surface area contributed by atoms with E-state index in [1.54, 1.807) is 6.92 Å². The Bertz CT molecular complexity index is 1010. The van der Waals surface area contributed by atoms with Crippen LogP contribution in [0.15, 0.2) is 39.9 Å². The van der Waals surface area contributed by atoms with E-state index in [4.69, 9.17) is 16.2 Å². The zero-order chi connectivity index (χ0) is 22.3. The fourth-order valence-corrected chi connectivity index (χ4v) is 3.11. The lowest BCUT2D eigenvalue weighted by Gasteiger charge is -2.21. The molecule has 0 fully saturated rings. The first-order chi connectivity index (χ1) is 14.3. The molecule has 0 atom stereocenters. The molecule has 162 valence electrons. The summed E-state index contributed by atoms with van der Waals surface area (Å²) >= 11 is 0. The SMILES string of the molecule is CCn1c(=O)c(C(=O)CN(CCOC)CC(N)=O)c(N)n(Cc2ccccc2)c1=O. The van der Waals surface area contributed by atoms with Gasteiger partial charge in [-0.15, -0.1) is 0 Å². The lowest BCUT2D eigenvalue weighted by atomic mass is 10.1. The average molecular weight is 417 g/mol. The molecule has 0 aliphatic carbocycles. The molecule has 30 heavy (non-hydrogen) atoms. The number of ether oxygens (including phenoxy) is 1. The number of nitrogens with two attached hydrogens (primary N) is 2. The predicted octanol–water partition coefficient (Wildman–Crippen LogP) is -0.723. The number of carbonyl (C=O) groups excluding carboxylic acids is 2. The number of ketones is 1. The number of rotatable bonds is 11. The second-order valence-corrected chi connectivity index (χ2v) is 6.76. The number of benzene rings is 1. The Labute approximate surface area is 173 Å². The molecule has 2 rings (SSSR count). The van der Waals surface area contributed by atoms with Crippen LogP contribution in [0.4, 0.5) is 5.82 Å². The number of amides is 1. The molecule has 0 aliphatic rings. The molecule has 10 nitrogen and oxygen atoms in total. The van der Waals surface area contributed by atoms with Crippen LogP contribution in [0.3, 0.4) is 0 Å². The molecule has 0 spiro atoms. The largest absolute Gasteiger partial charge is 0.384 e. The van der Waals surface area contributed by atoms with Gasteiger partial charge in [-0.1, -0.05) is 30.3 Å². The molecule has 1 amide bonds. The highest BCUT2D eigenvalue weighted by Gasteiger charge is 2.24. The summed E-state index contributed by atoms with van der Waals surface area (Å²) in [5.41, 5.74) is 10.6. The Morgan fingerprint density at radius 2 is 1.77 bits per heavy atom. The van der Waals surface area contributed by atoms with Crippen LogP contribution in [0.1, 0.15) is 22.8 Å². The van der Waals surface area contributed by atoms with Crippen LogP contribution < -0.4 is 22.7 Å². The lowest BCUT2D eigenvalue weighted by molar-refractivity contribution is -0.119. The second kappa shape index (κ2) is 10.5. The van der Waals surface area contributed by atoms with Crippen molar-refractivity contribution in [2.45, 2.75) is 20.0 Å². The molecule has 1 heterocycles. The molecule has 0 unspecified atom stereocenters. The molecule has 1 aromatic carbocycles. The molecule has 0 saturated heterocycles. The third-order valence-corrected chi connectivity index (χ3v) is 4.60. The van der Waals surface area contributed by atoms with Crippen molar-refractivity contribution in [3.05, 3.63) is 62.3 Å². The maximum Gasteiger partial charge on any atom is 0.332 e. The normalized spacial score (nSPS) is 11.0. The van der Waals surface area contributed by atoms with Gasteiger partial charge in [0.25, 0.3) is 5.56 Å².